The lowest BCUT2D eigenvalue weighted by molar-refractivity contribution is 0.208. The SMILES string of the molecule is C[C@@H](O)CNc1nnc(Cl)cc1C1CC1. The summed E-state index contributed by atoms with van der Waals surface area (Å²) in [4.78, 5) is 0. The lowest BCUT2D eigenvalue weighted by Gasteiger charge is -2.10. The second-order valence-corrected chi connectivity index (χ2v) is 4.36. The molecule has 1 atom stereocenters. The quantitative estimate of drug-likeness (QED) is 0.824. The topological polar surface area (TPSA) is 58.0 Å². The van der Waals surface area contributed by atoms with Gasteiger partial charge in [-0.2, -0.15) is 0 Å². The molecule has 0 aliphatic heterocycles. The maximum absolute atomic E-state index is 9.18. The van der Waals surface area contributed by atoms with Gasteiger partial charge in [0.25, 0.3) is 0 Å². The smallest absolute Gasteiger partial charge is 0.152 e. The van der Waals surface area contributed by atoms with Crippen molar-refractivity contribution in [2.45, 2.75) is 31.8 Å². The number of hydrogen-bond acceptors (Lipinski definition) is 4. The number of rotatable bonds is 4. The molecule has 4 nitrogen and oxygen atoms in total. The minimum Gasteiger partial charge on any atom is -0.392 e. The van der Waals surface area contributed by atoms with Crippen LogP contribution in [0.3, 0.4) is 0 Å². The Kier molecular flexibility index (Phi) is 3.07. The van der Waals surface area contributed by atoms with Crippen molar-refractivity contribution >= 4 is 17.4 Å². The normalized spacial score (nSPS) is 17.5. The Morgan fingerprint density at radius 1 is 1.60 bits per heavy atom. The Balaban J connectivity index is 2.14. The summed E-state index contributed by atoms with van der Waals surface area (Å²) in [6, 6.07) is 1.86. The number of aliphatic hydroxyl groups is 1. The van der Waals surface area contributed by atoms with Gasteiger partial charge in [-0.1, -0.05) is 11.6 Å². The Labute approximate surface area is 93.7 Å². The van der Waals surface area contributed by atoms with E-state index in [1.807, 2.05) is 6.07 Å². The predicted octanol–water partition coefficient (Wildman–Crippen LogP) is 1.80. The van der Waals surface area contributed by atoms with Gasteiger partial charge in [0, 0.05) is 12.1 Å². The van der Waals surface area contributed by atoms with Crippen LogP contribution in [0.1, 0.15) is 31.2 Å². The minimum atomic E-state index is -0.394. The molecule has 1 aromatic heterocycles. The Hall–Kier alpha value is -0.870. The molecule has 0 saturated heterocycles. The fourth-order valence-electron chi connectivity index (χ4n) is 1.47. The van der Waals surface area contributed by atoms with E-state index in [1.165, 1.54) is 12.8 Å². The predicted molar refractivity (Wildman–Crippen MR) is 59.2 cm³/mol. The first-order valence-electron chi connectivity index (χ1n) is 5.12. The first kappa shape index (κ1) is 10.6. The highest BCUT2D eigenvalue weighted by atomic mass is 35.5. The summed E-state index contributed by atoms with van der Waals surface area (Å²) in [5.41, 5.74) is 1.12. The highest BCUT2D eigenvalue weighted by Crippen LogP contribution is 2.43. The minimum absolute atomic E-state index is 0.394. The fourth-order valence-corrected chi connectivity index (χ4v) is 1.62. The van der Waals surface area contributed by atoms with Crippen LogP contribution in [0.5, 0.6) is 0 Å². The maximum Gasteiger partial charge on any atom is 0.152 e. The van der Waals surface area contributed by atoms with E-state index >= 15 is 0 Å². The Morgan fingerprint density at radius 3 is 2.93 bits per heavy atom. The first-order chi connectivity index (χ1) is 7.16. The van der Waals surface area contributed by atoms with Crippen LogP contribution in [-0.4, -0.2) is 28.0 Å². The van der Waals surface area contributed by atoms with Gasteiger partial charge in [0.05, 0.1) is 6.10 Å². The molecular weight excluding hydrogens is 214 g/mol. The largest absolute Gasteiger partial charge is 0.392 e. The average molecular weight is 228 g/mol. The van der Waals surface area contributed by atoms with Crippen LogP contribution in [0.2, 0.25) is 5.15 Å². The average Bonchev–Trinajstić information content (AvgIpc) is 2.98. The van der Waals surface area contributed by atoms with Crippen LogP contribution in [-0.2, 0) is 0 Å². The molecule has 15 heavy (non-hydrogen) atoms. The lowest BCUT2D eigenvalue weighted by Crippen LogP contribution is -2.17. The van der Waals surface area contributed by atoms with Gasteiger partial charge < -0.3 is 10.4 Å². The molecule has 1 aliphatic carbocycles. The van der Waals surface area contributed by atoms with E-state index in [-0.39, 0.29) is 0 Å². The van der Waals surface area contributed by atoms with Gasteiger partial charge in [0.2, 0.25) is 0 Å². The summed E-state index contributed by atoms with van der Waals surface area (Å²) in [6.45, 7) is 2.21. The summed E-state index contributed by atoms with van der Waals surface area (Å²) in [5.74, 6) is 1.32. The Bertz CT molecular complexity index is 353. The zero-order chi connectivity index (χ0) is 10.8. The van der Waals surface area contributed by atoms with Crippen LogP contribution < -0.4 is 5.32 Å². The number of aromatic nitrogens is 2. The first-order valence-corrected chi connectivity index (χ1v) is 5.49. The number of nitrogens with zero attached hydrogens (tertiary/aromatic N) is 2. The van der Waals surface area contributed by atoms with Crippen LogP contribution in [0.15, 0.2) is 6.07 Å². The summed E-state index contributed by atoms with van der Waals surface area (Å²) in [5, 5.41) is 20.5. The molecule has 2 N–H and O–H groups in total. The third-order valence-electron chi connectivity index (χ3n) is 2.38. The highest BCUT2D eigenvalue weighted by molar-refractivity contribution is 6.29. The molecule has 0 spiro atoms. The molecule has 2 rings (SSSR count). The molecule has 1 aliphatic rings. The van der Waals surface area contributed by atoms with Gasteiger partial charge in [-0.15, -0.1) is 10.2 Å². The summed E-state index contributed by atoms with van der Waals surface area (Å²) in [7, 11) is 0. The summed E-state index contributed by atoms with van der Waals surface area (Å²) >= 11 is 5.80. The van der Waals surface area contributed by atoms with E-state index in [0.29, 0.717) is 17.6 Å². The van der Waals surface area contributed by atoms with Crippen molar-refractivity contribution in [3.05, 3.63) is 16.8 Å². The second-order valence-electron chi connectivity index (χ2n) is 3.98. The Morgan fingerprint density at radius 2 is 2.33 bits per heavy atom. The molecule has 1 heterocycles. The maximum atomic E-state index is 9.18. The van der Waals surface area contributed by atoms with Gasteiger partial charge in [0.1, 0.15) is 0 Å². The molecule has 1 aromatic rings. The molecule has 0 amide bonds. The zero-order valence-corrected chi connectivity index (χ0v) is 9.33. The number of aliphatic hydroxyl groups excluding tert-OH is 1. The molecule has 0 radical (unpaired) electrons. The lowest BCUT2D eigenvalue weighted by atomic mass is 10.2. The van der Waals surface area contributed by atoms with Gasteiger partial charge in [0.15, 0.2) is 11.0 Å². The molecule has 1 fully saturated rings. The van der Waals surface area contributed by atoms with Crippen molar-refractivity contribution < 1.29 is 5.11 Å². The van der Waals surface area contributed by atoms with Gasteiger partial charge in [-0.25, -0.2) is 0 Å². The molecule has 0 aromatic carbocycles. The van der Waals surface area contributed by atoms with E-state index in [2.05, 4.69) is 15.5 Å². The zero-order valence-electron chi connectivity index (χ0n) is 8.57. The van der Waals surface area contributed by atoms with E-state index in [9.17, 15) is 5.11 Å². The molecular formula is C10H14ClN3O. The van der Waals surface area contributed by atoms with Crippen LogP contribution in [0, 0.1) is 0 Å². The third-order valence-corrected chi connectivity index (χ3v) is 2.56. The number of halogens is 1. The molecule has 0 bridgehead atoms. The van der Waals surface area contributed by atoms with Crippen molar-refractivity contribution in [2.24, 2.45) is 0 Å². The monoisotopic (exact) mass is 227 g/mol. The third kappa shape index (κ3) is 2.79. The highest BCUT2D eigenvalue weighted by Gasteiger charge is 2.27. The van der Waals surface area contributed by atoms with E-state index in [1.54, 1.807) is 6.92 Å². The van der Waals surface area contributed by atoms with Crippen molar-refractivity contribution in [3.63, 3.8) is 0 Å². The van der Waals surface area contributed by atoms with Crippen molar-refractivity contribution in [1.82, 2.24) is 10.2 Å². The van der Waals surface area contributed by atoms with E-state index in [0.717, 1.165) is 11.4 Å². The van der Waals surface area contributed by atoms with Gasteiger partial charge >= 0.3 is 0 Å². The molecule has 82 valence electrons. The van der Waals surface area contributed by atoms with Gasteiger partial charge in [-0.05, 0) is 31.7 Å². The van der Waals surface area contributed by atoms with E-state index in [4.69, 9.17) is 11.6 Å². The van der Waals surface area contributed by atoms with E-state index < -0.39 is 6.10 Å². The standard InChI is InChI=1S/C10H14ClN3O/c1-6(15)5-12-10-8(7-2-3-7)4-9(11)13-14-10/h4,6-7,15H,2-3,5H2,1H3,(H,12,14)/t6-/m1/s1. The number of anilines is 1. The van der Waals surface area contributed by atoms with Gasteiger partial charge in [-0.3, -0.25) is 0 Å². The molecule has 0 unspecified atom stereocenters. The number of hydrogen-bond donors (Lipinski definition) is 2. The molecule has 1 saturated carbocycles. The van der Waals surface area contributed by atoms with Crippen LogP contribution in [0.25, 0.3) is 0 Å². The fraction of sp³-hybridized carbons (Fsp3) is 0.600. The van der Waals surface area contributed by atoms with Crippen molar-refractivity contribution in [1.29, 1.82) is 0 Å². The molecule has 5 heteroatoms. The van der Waals surface area contributed by atoms with Crippen molar-refractivity contribution in [2.75, 3.05) is 11.9 Å². The van der Waals surface area contributed by atoms with Crippen LogP contribution >= 0.6 is 11.6 Å². The second kappa shape index (κ2) is 4.33. The summed E-state index contributed by atoms with van der Waals surface area (Å²) < 4.78 is 0. The van der Waals surface area contributed by atoms with Crippen LogP contribution in [0.4, 0.5) is 5.82 Å². The summed E-state index contributed by atoms with van der Waals surface area (Å²) in [6.07, 6.45) is 1.98. The number of nitrogens with one attached hydrogen (secondary N) is 1. The van der Waals surface area contributed by atoms with Crippen molar-refractivity contribution in [3.8, 4) is 0 Å².